The molecule has 0 bridgehead atoms. The number of aliphatic hydroxyl groups excluding tert-OH is 1. The predicted octanol–water partition coefficient (Wildman–Crippen LogP) is 5.39. The first-order valence-corrected chi connectivity index (χ1v) is 15.2. The highest BCUT2D eigenvalue weighted by atomic mass is 19.4. The number of ether oxygens (including phenoxy) is 3. The number of halogens is 3. The van der Waals surface area contributed by atoms with Gasteiger partial charge in [0.1, 0.15) is 11.9 Å². The van der Waals surface area contributed by atoms with Crippen molar-refractivity contribution in [3.05, 3.63) is 71.8 Å². The van der Waals surface area contributed by atoms with Crippen LogP contribution < -0.4 is 30.2 Å². The third kappa shape index (κ3) is 8.20. The lowest BCUT2D eigenvalue weighted by atomic mass is 10.0. The van der Waals surface area contributed by atoms with Crippen LogP contribution in [0.2, 0.25) is 0 Å². The molecule has 0 saturated carbocycles. The SMILES string of the molecule is C[C@@H]1CN([C@@H](C)CO)C(=O)Cc2cc(NC(=O)Nc3ccc(C(F)(F)F)cc3)ccc2O[C@H]1CN(C)C(=O)Nc1ccc2c(c1)OCO2. The second kappa shape index (κ2) is 14.3. The number of benzene rings is 3. The molecule has 3 aromatic carbocycles. The zero-order valence-electron chi connectivity index (χ0n) is 26.5. The highest BCUT2D eigenvalue weighted by molar-refractivity contribution is 6.00. The van der Waals surface area contributed by atoms with E-state index in [2.05, 4.69) is 16.0 Å². The van der Waals surface area contributed by atoms with Gasteiger partial charge in [0.2, 0.25) is 12.7 Å². The van der Waals surface area contributed by atoms with Gasteiger partial charge in [-0.1, -0.05) is 6.92 Å². The summed E-state index contributed by atoms with van der Waals surface area (Å²) in [6.07, 6.45) is -5.19. The minimum absolute atomic E-state index is 0.102. The van der Waals surface area contributed by atoms with Crippen LogP contribution in [0.3, 0.4) is 0 Å². The number of fused-ring (bicyclic) bond motifs is 2. The molecule has 0 radical (unpaired) electrons. The zero-order valence-corrected chi connectivity index (χ0v) is 26.5. The zero-order chi connectivity index (χ0) is 34.6. The predicted molar refractivity (Wildman–Crippen MR) is 170 cm³/mol. The molecule has 0 fully saturated rings. The molecule has 2 heterocycles. The number of amides is 5. The Balaban J connectivity index is 1.32. The Morgan fingerprint density at radius 1 is 0.958 bits per heavy atom. The molecule has 2 aliphatic rings. The first kappa shape index (κ1) is 34.2. The fourth-order valence-corrected chi connectivity index (χ4v) is 5.31. The maximum atomic E-state index is 13.5. The van der Waals surface area contributed by atoms with E-state index in [1.54, 1.807) is 55.3 Å². The fourth-order valence-electron chi connectivity index (χ4n) is 5.31. The number of carbonyl (C=O) groups excluding carboxylic acids is 3. The Hall–Kier alpha value is -5.18. The summed E-state index contributed by atoms with van der Waals surface area (Å²) in [4.78, 5) is 42.4. The highest BCUT2D eigenvalue weighted by Gasteiger charge is 2.32. The van der Waals surface area contributed by atoms with Gasteiger partial charge in [-0.05, 0) is 61.5 Å². The van der Waals surface area contributed by atoms with Gasteiger partial charge >= 0.3 is 18.2 Å². The Morgan fingerprint density at radius 3 is 2.27 bits per heavy atom. The fraction of sp³-hybridized carbons (Fsp3) is 0.364. The summed E-state index contributed by atoms with van der Waals surface area (Å²) >= 11 is 0. The van der Waals surface area contributed by atoms with Gasteiger partial charge < -0.3 is 45.1 Å². The van der Waals surface area contributed by atoms with Crippen LogP contribution in [0.25, 0.3) is 0 Å². The van der Waals surface area contributed by atoms with E-state index in [0.29, 0.717) is 34.2 Å². The number of hydrogen-bond acceptors (Lipinski definition) is 7. The van der Waals surface area contributed by atoms with Crippen molar-refractivity contribution in [2.75, 3.05) is 49.5 Å². The molecule has 15 heteroatoms. The van der Waals surface area contributed by atoms with Crippen LogP contribution in [-0.2, 0) is 17.4 Å². The van der Waals surface area contributed by atoms with Crippen LogP contribution >= 0.6 is 0 Å². The van der Waals surface area contributed by atoms with Crippen LogP contribution in [0.1, 0.15) is 25.0 Å². The quantitative estimate of drug-likeness (QED) is 0.264. The van der Waals surface area contributed by atoms with E-state index >= 15 is 0 Å². The molecule has 0 aliphatic carbocycles. The average Bonchev–Trinajstić information content (AvgIpc) is 3.52. The van der Waals surface area contributed by atoms with Crippen LogP contribution in [0.4, 0.5) is 39.8 Å². The molecule has 2 aliphatic heterocycles. The Morgan fingerprint density at radius 2 is 1.58 bits per heavy atom. The Kier molecular flexibility index (Phi) is 10.2. The maximum Gasteiger partial charge on any atom is 0.416 e. The van der Waals surface area contributed by atoms with Crippen molar-refractivity contribution in [2.24, 2.45) is 5.92 Å². The first-order valence-electron chi connectivity index (χ1n) is 15.2. The van der Waals surface area contributed by atoms with Crippen molar-refractivity contribution in [3.63, 3.8) is 0 Å². The smallest absolute Gasteiger partial charge is 0.416 e. The third-order valence-corrected chi connectivity index (χ3v) is 8.07. The van der Waals surface area contributed by atoms with E-state index in [1.807, 2.05) is 6.92 Å². The Labute approximate surface area is 274 Å². The molecule has 3 aromatic rings. The minimum atomic E-state index is -4.50. The number of nitrogens with one attached hydrogen (secondary N) is 3. The number of nitrogens with zero attached hydrogens (tertiary/aromatic N) is 2. The standard InChI is InChI=1S/C33H36F3N5O7/c1-19-15-41(20(2)17-42)30(43)13-21-12-24(38-31(44)37-23-6-4-22(5-7-23)33(34,35)36)8-10-26(21)48-29(19)16-40(3)32(45)39-25-9-11-27-28(14-25)47-18-46-27/h4-12,14,19-20,29,42H,13,15-18H2,1-3H3,(H,39,45)(H2,37,38,44)/t19-,20+,29+/m1/s1. The molecule has 48 heavy (non-hydrogen) atoms. The van der Waals surface area contributed by atoms with Crippen LogP contribution in [0.5, 0.6) is 17.2 Å². The second-order valence-corrected chi connectivity index (χ2v) is 11.7. The van der Waals surface area contributed by atoms with Crippen LogP contribution in [0, 0.1) is 5.92 Å². The van der Waals surface area contributed by atoms with Crippen molar-refractivity contribution >= 4 is 35.0 Å². The third-order valence-electron chi connectivity index (χ3n) is 8.07. The van der Waals surface area contributed by atoms with Crippen molar-refractivity contribution in [3.8, 4) is 17.2 Å². The van der Waals surface area contributed by atoms with Gasteiger partial charge in [-0.3, -0.25) is 4.79 Å². The second-order valence-electron chi connectivity index (χ2n) is 11.7. The van der Waals surface area contributed by atoms with Gasteiger partial charge in [0.25, 0.3) is 0 Å². The lowest BCUT2D eigenvalue weighted by Crippen LogP contribution is -2.48. The van der Waals surface area contributed by atoms with E-state index in [4.69, 9.17) is 14.2 Å². The molecule has 3 atom stereocenters. The number of rotatable bonds is 7. The van der Waals surface area contributed by atoms with E-state index < -0.39 is 35.9 Å². The van der Waals surface area contributed by atoms with Gasteiger partial charge in [0.15, 0.2) is 11.5 Å². The number of hydrogen-bond donors (Lipinski definition) is 4. The monoisotopic (exact) mass is 671 g/mol. The number of urea groups is 2. The lowest BCUT2D eigenvalue weighted by Gasteiger charge is -2.34. The van der Waals surface area contributed by atoms with Gasteiger partial charge in [-0.2, -0.15) is 13.2 Å². The van der Waals surface area contributed by atoms with Crippen molar-refractivity contribution in [2.45, 2.75) is 38.6 Å². The van der Waals surface area contributed by atoms with Gasteiger partial charge in [-0.15, -0.1) is 0 Å². The van der Waals surface area contributed by atoms with Gasteiger partial charge in [0.05, 0.1) is 31.2 Å². The van der Waals surface area contributed by atoms with E-state index in [9.17, 15) is 32.7 Å². The molecule has 0 spiro atoms. The number of alkyl halides is 3. The topological polar surface area (TPSA) is 142 Å². The number of carbonyl (C=O) groups is 3. The van der Waals surface area contributed by atoms with E-state index in [0.717, 1.165) is 24.3 Å². The minimum Gasteiger partial charge on any atom is -0.488 e. The van der Waals surface area contributed by atoms with E-state index in [1.165, 1.54) is 4.90 Å². The molecular formula is C33H36F3N5O7. The van der Waals surface area contributed by atoms with Crippen molar-refractivity contribution < 1.29 is 46.9 Å². The molecule has 0 aromatic heterocycles. The molecular weight excluding hydrogens is 635 g/mol. The number of likely N-dealkylation sites (N-methyl/N-ethyl adjacent to an activating group) is 1. The molecule has 5 rings (SSSR count). The Bertz CT molecular complexity index is 1650. The molecule has 0 saturated heterocycles. The number of aliphatic hydroxyl groups is 1. The van der Waals surface area contributed by atoms with Gasteiger partial charge in [0, 0.05) is 48.2 Å². The molecule has 0 unspecified atom stereocenters. The summed E-state index contributed by atoms with van der Waals surface area (Å²) in [7, 11) is 1.62. The molecule has 12 nitrogen and oxygen atoms in total. The molecule has 5 amide bonds. The maximum absolute atomic E-state index is 13.5. The number of anilines is 3. The summed E-state index contributed by atoms with van der Waals surface area (Å²) in [6, 6.07) is 12.2. The van der Waals surface area contributed by atoms with Crippen molar-refractivity contribution in [1.82, 2.24) is 9.80 Å². The van der Waals surface area contributed by atoms with E-state index in [-0.39, 0.29) is 50.4 Å². The summed E-state index contributed by atoms with van der Waals surface area (Å²) in [5, 5.41) is 17.9. The summed E-state index contributed by atoms with van der Waals surface area (Å²) < 4.78 is 55.8. The van der Waals surface area contributed by atoms with Crippen LogP contribution in [-0.4, -0.2) is 78.6 Å². The molecule has 256 valence electrons. The summed E-state index contributed by atoms with van der Waals surface area (Å²) in [5.41, 5.74) is 0.582. The highest BCUT2D eigenvalue weighted by Crippen LogP contribution is 2.35. The largest absolute Gasteiger partial charge is 0.488 e. The first-order chi connectivity index (χ1) is 22.8. The summed E-state index contributed by atoms with van der Waals surface area (Å²) in [6.45, 7) is 3.85. The molecule has 4 N–H and O–H groups in total. The van der Waals surface area contributed by atoms with Gasteiger partial charge in [-0.25, -0.2) is 9.59 Å². The average molecular weight is 672 g/mol. The lowest BCUT2D eigenvalue weighted by molar-refractivity contribution is -0.137. The van der Waals surface area contributed by atoms with Crippen LogP contribution in [0.15, 0.2) is 60.7 Å². The normalized spacial score (nSPS) is 18.0. The van der Waals surface area contributed by atoms with Crippen molar-refractivity contribution in [1.29, 1.82) is 0 Å². The summed E-state index contributed by atoms with van der Waals surface area (Å²) in [5.74, 6) is 0.935.